The Labute approximate surface area is 279 Å². The van der Waals surface area contributed by atoms with Crippen molar-refractivity contribution in [2.45, 2.75) is 13.8 Å². The minimum absolute atomic E-state index is 0.0430. The van der Waals surface area contributed by atoms with Crippen LogP contribution < -0.4 is 0 Å². The lowest BCUT2D eigenvalue weighted by Crippen LogP contribution is -2.12. The van der Waals surface area contributed by atoms with Gasteiger partial charge < -0.3 is 44.1 Å². The van der Waals surface area contributed by atoms with E-state index in [1.54, 1.807) is 13.8 Å². The van der Waals surface area contributed by atoms with Crippen molar-refractivity contribution in [2.24, 2.45) is 0 Å². The lowest BCUT2D eigenvalue weighted by molar-refractivity contribution is -0.142. The Morgan fingerprint density at radius 1 is 0.490 bits per heavy atom. The molecule has 0 radical (unpaired) electrons. The summed E-state index contributed by atoms with van der Waals surface area (Å²) < 4.78 is 23.1. The Morgan fingerprint density at radius 3 is 1.24 bits per heavy atom. The van der Waals surface area contributed by atoms with E-state index < -0.39 is 66.6 Å². The van der Waals surface area contributed by atoms with Gasteiger partial charge in [0.2, 0.25) is 0 Å². The number of aliphatic hydroxyl groups is 1. The summed E-state index contributed by atoms with van der Waals surface area (Å²) in [6, 6.07) is 0. The van der Waals surface area contributed by atoms with E-state index >= 15 is 0 Å². The molecule has 0 aliphatic rings. The Bertz CT molecular complexity index is 1320. The molecule has 0 amide bonds. The molecule has 0 saturated carbocycles. The number of esters is 4. The molecule has 0 saturated heterocycles. The number of carboxylic acids is 3. The Kier molecular flexibility index (Phi) is 27.8. The average Bonchev–Trinajstić information content (AvgIpc) is 3.03. The van der Waals surface area contributed by atoms with Gasteiger partial charge in [-0.15, -0.1) is 0 Å². The van der Waals surface area contributed by atoms with Crippen molar-refractivity contribution >= 4 is 53.4 Å². The molecule has 0 bridgehead atoms. The van der Waals surface area contributed by atoms with Gasteiger partial charge in [-0.05, 0) is 31.6 Å². The zero-order valence-corrected chi connectivity index (χ0v) is 26.5. The van der Waals surface area contributed by atoms with Crippen LogP contribution in [-0.4, -0.2) is 113 Å². The number of rotatable bonds is 20. The Hall–Kier alpha value is -6.43. The number of ether oxygens (including phenoxy) is 5. The molecule has 4 N–H and O–H groups in total. The molecule has 18 nitrogen and oxygen atoms in total. The summed E-state index contributed by atoms with van der Waals surface area (Å²) >= 11 is 0. The molecule has 0 aromatic carbocycles. The molecule has 0 rings (SSSR count). The number of hydrogen-bond donors (Lipinski definition) is 4. The first-order chi connectivity index (χ1) is 22.8. The molecule has 0 aliphatic carbocycles. The van der Waals surface area contributed by atoms with Gasteiger partial charge in [0.15, 0.2) is 24.8 Å². The fourth-order valence-corrected chi connectivity index (χ4v) is 1.82. The van der Waals surface area contributed by atoms with E-state index in [-0.39, 0.29) is 26.4 Å². The second kappa shape index (κ2) is 29.0. The lowest BCUT2D eigenvalue weighted by atomic mass is 10.3. The molecule has 0 atom stereocenters. The minimum atomic E-state index is -1.32. The standard InChI is InChI=1S/C16H18O8.C9H8O7.C6H10O3/c1-11(2)12(3)22-8-9-23-15(20)6-4-13(17)10-24-16(21)7-5-14(18)19;10-6(1-2-7(11)12)5-16-9(15)4-3-8(13)14;1-5(2)6(8)9-4-3-7/h4-7H,1,3,8-10H2,2H3,(H,18,19);1-4H,5H2,(H,11,12)(H,13,14);7H,1,3-4H2,2H3/b6-4+,7-5+;2-1+,4-3+;. The smallest absolute Gasteiger partial charge is 0.333 e. The van der Waals surface area contributed by atoms with Gasteiger partial charge in [-0.1, -0.05) is 19.7 Å². The van der Waals surface area contributed by atoms with E-state index in [1.165, 1.54) is 0 Å². The molecule has 0 aliphatic heterocycles. The topological polar surface area (TPSA) is 281 Å². The predicted octanol–water partition coefficient (Wildman–Crippen LogP) is 0.424. The Balaban J connectivity index is -0.000000724. The number of hydrogen-bond acceptors (Lipinski definition) is 15. The largest absolute Gasteiger partial charge is 0.490 e. The highest BCUT2D eigenvalue weighted by Crippen LogP contribution is 2.04. The quantitative estimate of drug-likeness (QED) is 0.0335. The molecule has 0 aromatic rings. The van der Waals surface area contributed by atoms with E-state index in [0.717, 1.165) is 18.2 Å². The van der Waals surface area contributed by atoms with E-state index in [4.69, 9.17) is 29.9 Å². The number of allylic oxidation sites excluding steroid dienone is 1. The highest BCUT2D eigenvalue weighted by molar-refractivity contribution is 5.99. The zero-order valence-electron chi connectivity index (χ0n) is 26.5. The van der Waals surface area contributed by atoms with Crippen LogP contribution in [0.4, 0.5) is 0 Å². The fourth-order valence-electron chi connectivity index (χ4n) is 1.82. The highest BCUT2D eigenvalue weighted by atomic mass is 16.6. The summed E-state index contributed by atoms with van der Waals surface area (Å²) in [5.74, 6) is -8.17. The normalized spacial score (nSPS) is 10.1. The van der Waals surface area contributed by atoms with Crippen molar-refractivity contribution in [3.63, 3.8) is 0 Å². The first-order valence-electron chi connectivity index (χ1n) is 13.2. The monoisotopic (exact) mass is 696 g/mol. The predicted molar refractivity (Wildman–Crippen MR) is 165 cm³/mol. The fraction of sp³-hybridized carbons (Fsp3) is 0.258. The van der Waals surface area contributed by atoms with Crippen molar-refractivity contribution in [3.05, 3.63) is 85.3 Å². The number of carboxylic acid groups (broad SMARTS) is 3. The minimum Gasteiger partial charge on any atom is -0.490 e. The van der Waals surface area contributed by atoms with Crippen molar-refractivity contribution in [2.75, 3.05) is 39.6 Å². The summed E-state index contributed by atoms with van der Waals surface area (Å²) in [5.41, 5.74) is 1.00. The van der Waals surface area contributed by atoms with E-state index in [9.17, 15) is 43.2 Å². The van der Waals surface area contributed by atoms with Crippen LogP contribution in [0, 0.1) is 0 Å². The van der Waals surface area contributed by atoms with Crippen molar-refractivity contribution < 1.29 is 87.3 Å². The van der Waals surface area contributed by atoms with E-state index in [1.807, 2.05) is 0 Å². The van der Waals surface area contributed by atoms with Gasteiger partial charge in [-0.3, -0.25) is 9.59 Å². The van der Waals surface area contributed by atoms with Crippen molar-refractivity contribution in [1.29, 1.82) is 0 Å². The van der Waals surface area contributed by atoms with Gasteiger partial charge in [-0.2, -0.15) is 0 Å². The van der Waals surface area contributed by atoms with Gasteiger partial charge in [-0.25, -0.2) is 33.6 Å². The number of aliphatic hydroxyl groups excluding tert-OH is 1. The second-order valence-electron chi connectivity index (χ2n) is 8.36. The van der Waals surface area contributed by atoms with Crippen LogP contribution in [0.2, 0.25) is 0 Å². The first kappa shape index (κ1) is 47.0. The summed E-state index contributed by atoms with van der Waals surface area (Å²) in [7, 11) is 0. The molecule has 0 aromatic heterocycles. The lowest BCUT2D eigenvalue weighted by Gasteiger charge is -2.08. The van der Waals surface area contributed by atoms with E-state index in [0.29, 0.717) is 47.3 Å². The molecule has 0 unspecified atom stereocenters. The molecule has 0 spiro atoms. The van der Waals surface area contributed by atoms with Crippen LogP contribution in [0.5, 0.6) is 0 Å². The third-order valence-corrected chi connectivity index (χ3v) is 4.01. The second-order valence-corrected chi connectivity index (χ2v) is 8.36. The van der Waals surface area contributed by atoms with Gasteiger partial charge in [0, 0.05) is 42.0 Å². The van der Waals surface area contributed by atoms with Gasteiger partial charge in [0.25, 0.3) is 0 Å². The third-order valence-electron chi connectivity index (χ3n) is 4.01. The average molecular weight is 697 g/mol. The van der Waals surface area contributed by atoms with Crippen LogP contribution in [0.3, 0.4) is 0 Å². The maximum absolute atomic E-state index is 11.3. The number of aliphatic carboxylic acids is 3. The maximum Gasteiger partial charge on any atom is 0.333 e. The number of ketones is 2. The summed E-state index contributed by atoms with van der Waals surface area (Å²) in [6.45, 7) is 12.5. The van der Waals surface area contributed by atoms with Crippen LogP contribution in [-0.2, 0) is 66.8 Å². The molecule has 0 fully saturated rings. The molecule has 18 heteroatoms. The maximum atomic E-state index is 11.3. The Morgan fingerprint density at radius 2 is 0.857 bits per heavy atom. The zero-order chi connectivity index (χ0) is 38.4. The van der Waals surface area contributed by atoms with Crippen LogP contribution in [0.15, 0.2) is 85.3 Å². The number of carbonyl (C=O) groups excluding carboxylic acids is 6. The molecule has 49 heavy (non-hydrogen) atoms. The molecular formula is C31H36O18. The van der Waals surface area contributed by atoms with E-state index in [2.05, 4.69) is 33.9 Å². The first-order valence-corrected chi connectivity index (χ1v) is 13.2. The summed E-state index contributed by atoms with van der Waals surface area (Å²) in [4.78, 5) is 95.8. The van der Waals surface area contributed by atoms with Crippen molar-refractivity contribution in [1.82, 2.24) is 0 Å². The third kappa shape index (κ3) is 35.9. The van der Waals surface area contributed by atoms with Crippen LogP contribution in [0.1, 0.15) is 13.8 Å². The molecule has 0 heterocycles. The van der Waals surface area contributed by atoms with Gasteiger partial charge in [0.1, 0.15) is 25.6 Å². The molecular weight excluding hydrogens is 660 g/mol. The van der Waals surface area contributed by atoms with Gasteiger partial charge >= 0.3 is 41.8 Å². The number of carbonyl (C=O) groups is 9. The summed E-state index contributed by atoms with van der Waals surface area (Å²) in [5, 5.41) is 32.8. The van der Waals surface area contributed by atoms with Crippen LogP contribution >= 0.6 is 0 Å². The SMILES string of the molecule is C=C(C)C(=C)OCCOC(=O)/C=C/C(=O)COC(=O)/C=C/C(=O)O.C=C(C)C(=O)OCCO.O=C(O)/C=C/C(=O)COC(=O)/C=C/C(=O)O. The van der Waals surface area contributed by atoms with Crippen molar-refractivity contribution in [3.8, 4) is 0 Å². The summed E-state index contributed by atoms with van der Waals surface area (Å²) in [6.07, 6.45) is 5.51. The highest BCUT2D eigenvalue weighted by Gasteiger charge is 2.06. The molecule has 268 valence electrons. The van der Waals surface area contributed by atoms with Gasteiger partial charge in [0.05, 0.1) is 6.61 Å². The van der Waals surface area contributed by atoms with Crippen LogP contribution in [0.25, 0.3) is 0 Å².